The van der Waals surface area contributed by atoms with Crippen molar-refractivity contribution >= 4 is 5.97 Å². The molecule has 4 bridgehead atoms. The smallest absolute Gasteiger partial charge is 0.312 e. The average molecular weight is 250 g/mol. The summed E-state index contributed by atoms with van der Waals surface area (Å²) in [5, 5.41) is 0. The molecule has 102 valence electrons. The van der Waals surface area contributed by atoms with Crippen molar-refractivity contribution in [2.75, 3.05) is 0 Å². The van der Waals surface area contributed by atoms with Crippen LogP contribution in [0, 0.1) is 23.2 Å². The molecule has 0 aromatic heterocycles. The molecule has 0 spiro atoms. The van der Waals surface area contributed by atoms with Crippen LogP contribution in [0.5, 0.6) is 0 Å². The van der Waals surface area contributed by atoms with Gasteiger partial charge in [-0.15, -0.1) is 0 Å². The monoisotopic (exact) mass is 250 g/mol. The molecule has 4 aliphatic carbocycles. The van der Waals surface area contributed by atoms with Gasteiger partial charge in [-0.25, -0.2) is 0 Å². The SMILES string of the molecule is CCCC(C)OC(=O)C12CC3CC(CC(C3)C1)C2. The van der Waals surface area contributed by atoms with Gasteiger partial charge in [-0.2, -0.15) is 0 Å². The maximum Gasteiger partial charge on any atom is 0.312 e. The van der Waals surface area contributed by atoms with Crippen LogP contribution in [0.2, 0.25) is 0 Å². The summed E-state index contributed by atoms with van der Waals surface area (Å²) in [5.74, 6) is 2.61. The van der Waals surface area contributed by atoms with Gasteiger partial charge in [-0.1, -0.05) is 13.3 Å². The van der Waals surface area contributed by atoms with E-state index in [2.05, 4.69) is 6.92 Å². The highest BCUT2D eigenvalue weighted by Crippen LogP contribution is 2.60. The molecule has 1 atom stereocenters. The molecule has 0 amide bonds. The molecular formula is C16H26O2. The number of hydrogen-bond acceptors (Lipinski definition) is 2. The maximum absolute atomic E-state index is 12.6. The Morgan fingerprint density at radius 1 is 1.17 bits per heavy atom. The van der Waals surface area contributed by atoms with E-state index in [0.717, 1.165) is 49.9 Å². The van der Waals surface area contributed by atoms with Crippen molar-refractivity contribution in [3.05, 3.63) is 0 Å². The number of carbonyl (C=O) groups excluding carboxylic acids is 1. The molecule has 0 aromatic carbocycles. The summed E-state index contributed by atoms with van der Waals surface area (Å²) in [6.45, 7) is 4.19. The number of esters is 1. The van der Waals surface area contributed by atoms with Gasteiger partial charge in [-0.3, -0.25) is 4.79 Å². The highest BCUT2D eigenvalue weighted by atomic mass is 16.5. The minimum Gasteiger partial charge on any atom is -0.462 e. The molecule has 0 aromatic rings. The van der Waals surface area contributed by atoms with Crippen LogP contribution in [0.25, 0.3) is 0 Å². The quantitative estimate of drug-likeness (QED) is 0.707. The Morgan fingerprint density at radius 3 is 2.11 bits per heavy atom. The predicted octanol–water partition coefficient (Wildman–Crippen LogP) is 3.93. The minimum atomic E-state index is -0.0727. The standard InChI is InChI=1S/C16H26O2/c1-3-4-11(2)18-15(17)16-8-12-5-13(9-16)7-14(6-12)10-16/h11-14H,3-10H2,1-2H3. The van der Waals surface area contributed by atoms with Gasteiger partial charge < -0.3 is 4.74 Å². The van der Waals surface area contributed by atoms with E-state index in [9.17, 15) is 4.79 Å². The molecule has 4 saturated carbocycles. The molecule has 0 radical (unpaired) electrons. The first kappa shape index (κ1) is 12.5. The molecule has 2 nitrogen and oxygen atoms in total. The second-order valence-electron chi connectivity index (χ2n) is 7.20. The third kappa shape index (κ3) is 2.08. The van der Waals surface area contributed by atoms with Gasteiger partial charge >= 0.3 is 5.97 Å². The lowest BCUT2D eigenvalue weighted by Gasteiger charge is -2.55. The van der Waals surface area contributed by atoms with E-state index in [4.69, 9.17) is 4.74 Å². The Bertz CT molecular complexity index is 299. The number of carbonyl (C=O) groups is 1. The lowest BCUT2D eigenvalue weighted by Crippen LogP contribution is -2.51. The zero-order valence-electron chi connectivity index (χ0n) is 11.8. The Labute approximate surface area is 110 Å². The first-order valence-corrected chi connectivity index (χ1v) is 7.82. The second-order valence-corrected chi connectivity index (χ2v) is 7.20. The third-order valence-corrected chi connectivity index (χ3v) is 5.47. The minimum absolute atomic E-state index is 0.0727. The number of hydrogen-bond donors (Lipinski definition) is 0. The molecule has 0 aliphatic heterocycles. The van der Waals surface area contributed by atoms with Gasteiger partial charge in [0.25, 0.3) is 0 Å². The maximum atomic E-state index is 12.6. The Morgan fingerprint density at radius 2 is 1.67 bits per heavy atom. The molecule has 1 unspecified atom stereocenters. The third-order valence-electron chi connectivity index (χ3n) is 5.47. The van der Waals surface area contributed by atoms with Crippen LogP contribution < -0.4 is 0 Å². The summed E-state index contributed by atoms with van der Waals surface area (Å²) in [7, 11) is 0. The Kier molecular flexibility index (Phi) is 3.15. The lowest BCUT2D eigenvalue weighted by atomic mass is 9.49. The molecule has 2 heteroatoms. The fourth-order valence-corrected chi connectivity index (χ4v) is 5.13. The van der Waals surface area contributed by atoms with Crippen LogP contribution in [0.3, 0.4) is 0 Å². The van der Waals surface area contributed by atoms with Crippen molar-refractivity contribution in [3.63, 3.8) is 0 Å². The summed E-state index contributed by atoms with van der Waals surface area (Å²) < 4.78 is 5.74. The topological polar surface area (TPSA) is 26.3 Å². The molecule has 0 saturated heterocycles. The van der Waals surface area contributed by atoms with Crippen LogP contribution in [-0.4, -0.2) is 12.1 Å². The van der Waals surface area contributed by atoms with Crippen LogP contribution in [0.4, 0.5) is 0 Å². The van der Waals surface area contributed by atoms with Gasteiger partial charge in [0.05, 0.1) is 11.5 Å². The number of rotatable bonds is 4. The van der Waals surface area contributed by atoms with E-state index in [0.29, 0.717) is 0 Å². The lowest BCUT2D eigenvalue weighted by molar-refractivity contribution is -0.176. The second kappa shape index (κ2) is 4.54. The fraction of sp³-hybridized carbons (Fsp3) is 0.938. The van der Waals surface area contributed by atoms with Gasteiger partial charge in [-0.05, 0) is 69.6 Å². The Hall–Kier alpha value is -0.530. The fourth-order valence-electron chi connectivity index (χ4n) is 5.13. The molecule has 4 rings (SSSR count). The highest BCUT2D eigenvalue weighted by molar-refractivity contribution is 5.77. The van der Waals surface area contributed by atoms with Crippen molar-refractivity contribution in [1.29, 1.82) is 0 Å². The van der Waals surface area contributed by atoms with Gasteiger partial charge in [0, 0.05) is 0 Å². The molecule has 0 N–H and O–H groups in total. The first-order valence-electron chi connectivity index (χ1n) is 7.82. The van der Waals surface area contributed by atoms with E-state index >= 15 is 0 Å². The van der Waals surface area contributed by atoms with Crippen LogP contribution in [-0.2, 0) is 9.53 Å². The number of ether oxygens (including phenoxy) is 1. The molecule has 18 heavy (non-hydrogen) atoms. The highest BCUT2D eigenvalue weighted by Gasteiger charge is 2.55. The van der Waals surface area contributed by atoms with Gasteiger partial charge in [0.1, 0.15) is 0 Å². The summed E-state index contributed by atoms with van der Waals surface area (Å²) in [6.07, 6.45) is 9.72. The summed E-state index contributed by atoms with van der Waals surface area (Å²) >= 11 is 0. The van der Waals surface area contributed by atoms with E-state index in [1.807, 2.05) is 6.92 Å². The van der Waals surface area contributed by atoms with E-state index in [1.54, 1.807) is 0 Å². The van der Waals surface area contributed by atoms with Crippen LogP contribution >= 0.6 is 0 Å². The molecule has 4 aliphatic rings. The van der Waals surface area contributed by atoms with Crippen molar-refractivity contribution in [2.24, 2.45) is 23.2 Å². The van der Waals surface area contributed by atoms with Crippen molar-refractivity contribution in [2.45, 2.75) is 71.3 Å². The van der Waals surface area contributed by atoms with Crippen molar-refractivity contribution < 1.29 is 9.53 Å². The normalized spacial score (nSPS) is 42.9. The van der Waals surface area contributed by atoms with Gasteiger partial charge in [0.15, 0.2) is 0 Å². The molecular weight excluding hydrogens is 224 g/mol. The van der Waals surface area contributed by atoms with Crippen LogP contribution in [0.1, 0.15) is 65.2 Å². The first-order chi connectivity index (χ1) is 8.61. The van der Waals surface area contributed by atoms with E-state index < -0.39 is 0 Å². The van der Waals surface area contributed by atoms with Crippen molar-refractivity contribution in [3.8, 4) is 0 Å². The van der Waals surface area contributed by atoms with E-state index in [-0.39, 0.29) is 17.5 Å². The van der Waals surface area contributed by atoms with Gasteiger partial charge in [0.2, 0.25) is 0 Å². The molecule has 0 heterocycles. The van der Waals surface area contributed by atoms with Crippen LogP contribution in [0.15, 0.2) is 0 Å². The summed E-state index contributed by atoms with van der Waals surface area (Å²) in [5.41, 5.74) is -0.0727. The van der Waals surface area contributed by atoms with Crippen molar-refractivity contribution in [1.82, 2.24) is 0 Å². The zero-order chi connectivity index (χ0) is 12.8. The predicted molar refractivity (Wildman–Crippen MR) is 71.1 cm³/mol. The largest absolute Gasteiger partial charge is 0.462 e. The summed E-state index contributed by atoms with van der Waals surface area (Å²) in [4.78, 5) is 12.6. The Balaban J connectivity index is 1.69. The zero-order valence-corrected chi connectivity index (χ0v) is 11.8. The average Bonchev–Trinajstić information content (AvgIpc) is 2.27. The van der Waals surface area contributed by atoms with E-state index in [1.165, 1.54) is 19.3 Å². The summed E-state index contributed by atoms with van der Waals surface area (Å²) in [6, 6.07) is 0. The molecule has 4 fully saturated rings.